The molecule has 3 N–H and O–H groups in total. The van der Waals surface area contributed by atoms with Crippen LogP contribution in [0.3, 0.4) is 0 Å². The van der Waals surface area contributed by atoms with Crippen molar-refractivity contribution in [2.75, 3.05) is 5.73 Å². The van der Waals surface area contributed by atoms with Crippen molar-refractivity contribution in [2.24, 2.45) is 0 Å². The highest BCUT2D eigenvalue weighted by Crippen LogP contribution is 2.22. The molecular weight excluding hydrogens is 238 g/mol. The van der Waals surface area contributed by atoms with Gasteiger partial charge in [-0.3, -0.25) is 0 Å². The van der Waals surface area contributed by atoms with Crippen LogP contribution < -0.4 is 10.5 Å². The third kappa shape index (κ3) is 3.04. The molecule has 17 heavy (non-hydrogen) atoms. The summed E-state index contributed by atoms with van der Waals surface area (Å²) in [6.07, 6.45) is 0. The zero-order valence-electron chi connectivity index (χ0n) is 9.06. The molecule has 0 atom stereocenters. The molecule has 0 heterocycles. The zero-order chi connectivity index (χ0) is 12.3. The van der Waals surface area contributed by atoms with Gasteiger partial charge in [-0.1, -0.05) is 23.7 Å². The molecule has 0 aromatic heterocycles. The molecule has 0 spiro atoms. The lowest BCUT2D eigenvalue weighted by Gasteiger charge is -2.07. The minimum Gasteiger partial charge on any atom is -0.506 e. The molecule has 0 aliphatic heterocycles. The molecule has 0 bridgehead atoms. The molecule has 0 amide bonds. The number of nitrogen functional groups attached to an aromatic ring is 1. The Kier molecular flexibility index (Phi) is 3.40. The van der Waals surface area contributed by atoms with Crippen LogP contribution in [0.5, 0.6) is 11.5 Å². The second-order valence-electron chi connectivity index (χ2n) is 3.64. The summed E-state index contributed by atoms with van der Waals surface area (Å²) in [5.74, 6) is 0.778. The first kappa shape index (κ1) is 11.6. The monoisotopic (exact) mass is 249 g/mol. The number of hydrogen-bond donors (Lipinski definition) is 2. The molecule has 0 radical (unpaired) electrons. The Morgan fingerprint density at radius 2 is 2.00 bits per heavy atom. The lowest BCUT2D eigenvalue weighted by molar-refractivity contribution is 0.306. The summed E-state index contributed by atoms with van der Waals surface area (Å²) in [6, 6.07) is 12.2. The van der Waals surface area contributed by atoms with Crippen molar-refractivity contribution in [3.63, 3.8) is 0 Å². The third-order valence-corrected chi connectivity index (χ3v) is 2.53. The van der Waals surface area contributed by atoms with Crippen LogP contribution in [0.4, 0.5) is 5.69 Å². The number of phenols is 1. The minimum atomic E-state index is 0.0801. The van der Waals surface area contributed by atoms with Gasteiger partial charge in [-0.2, -0.15) is 0 Å². The predicted octanol–water partition coefficient (Wildman–Crippen LogP) is 3.21. The van der Waals surface area contributed by atoms with Crippen molar-refractivity contribution in [3.8, 4) is 11.5 Å². The second-order valence-corrected chi connectivity index (χ2v) is 4.08. The topological polar surface area (TPSA) is 55.5 Å². The standard InChI is InChI=1S/C13H12ClNO2/c14-10-2-1-3-11(7-10)17-8-9-4-5-13(16)12(15)6-9/h1-7,16H,8,15H2. The number of benzene rings is 2. The van der Waals surface area contributed by atoms with Crippen molar-refractivity contribution < 1.29 is 9.84 Å². The number of halogens is 1. The highest BCUT2D eigenvalue weighted by atomic mass is 35.5. The van der Waals surface area contributed by atoms with Gasteiger partial charge in [0.25, 0.3) is 0 Å². The maximum absolute atomic E-state index is 9.28. The molecule has 0 saturated heterocycles. The molecule has 0 aliphatic rings. The van der Waals surface area contributed by atoms with E-state index in [0.29, 0.717) is 23.1 Å². The molecule has 88 valence electrons. The minimum absolute atomic E-state index is 0.0801. The molecule has 0 saturated carbocycles. The molecule has 0 aliphatic carbocycles. The molecular formula is C13H12ClNO2. The second kappa shape index (κ2) is 4.97. The molecule has 2 aromatic carbocycles. The predicted molar refractivity (Wildman–Crippen MR) is 68.3 cm³/mol. The van der Waals surface area contributed by atoms with Crippen LogP contribution in [0, 0.1) is 0 Å². The third-order valence-electron chi connectivity index (χ3n) is 2.29. The fourth-order valence-corrected chi connectivity index (χ4v) is 1.60. The maximum atomic E-state index is 9.28. The first-order valence-electron chi connectivity index (χ1n) is 5.11. The molecule has 2 rings (SSSR count). The van der Waals surface area contributed by atoms with Gasteiger partial charge in [0.1, 0.15) is 18.1 Å². The van der Waals surface area contributed by atoms with Crippen molar-refractivity contribution in [1.82, 2.24) is 0 Å². The van der Waals surface area contributed by atoms with E-state index in [2.05, 4.69) is 0 Å². The smallest absolute Gasteiger partial charge is 0.138 e. The molecule has 4 heteroatoms. The SMILES string of the molecule is Nc1cc(COc2cccc(Cl)c2)ccc1O. The molecule has 0 fully saturated rings. The lowest BCUT2D eigenvalue weighted by Crippen LogP contribution is -1.96. The van der Waals surface area contributed by atoms with E-state index in [4.69, 9.17) is 22.1 Å². The Bertz CT molecular complexity index is 529. The quantitative estimate of drug-likeness (QED) is 0.649. The number of phenolic OH excluding ortho intramolecular Hbond substituents is 1. The molecule has 2 aromatic rings. The normalized spacial score (nSPS) is 10.2. The summed E-state index contributed by atoms with van der Waals surface area (Å²) in [6.45, 7) is 0.380. The maximum Gasteiger partial charge on any atom is 0.138 e. The average Bonchev–Trinajstić information content (AvgIpc) is 2.31. The largest absolute Gasteiger partial charge is 0.506 e. The number of anilines is 1. The molecule has 3 nitrogen and oxygen atoms in total. The summed E-state index contributed by atoms with van der Waals surface area (Å²) in [5.41, 5.74) is 6.82. The van der Waals surface area contributed by atoms with E-state index in [1.54, 1.807) is 30.3 Å². The van der Waals surface area contributed by atoms with E-state index >= 15 is 0 Å². The highest BCUT2D eigenvalue weighted by Gasteiger charge is 2.00. The van der Waals surface area contributed by atoms with Gasteiger partial charge in [-0.15, -0.1) is 0 Å². The highest BCUT2D eigenvalue weighted by molar-refractivity contribution is 6.30. The first-order valence-corrected chi connectivity index (χ1v) is 5.48. The van der Waals surface area contributed by atoms with E-state index in [0.717, 1.165) is 5.56 Å². The fraction of sp³-hybridized carbons (Fsp3) is 0.0769. The average molecular weight is 250 g/mol. The Balaban J connectivity index is 2.05. The van der Waals surface area contributed by atoms with Gasteiger partial charge < -0.3 is 15.6 Å². The van der Waals surface area contributed by atoms with Crippen LogP contribution >= 0.6 is 11.6 Å². The number of rotatable bonds is 3. The van der Waals surface area contributed by atoms with Gasteiger partial charge in [0.05, 0.1) is 5.69 Å². The van der Waals surface area contributed by atoms with Crippen LogP contribution in [0.25, 0.3) is 0 Å². The first-order chi connectivity index (χ1) is 8.15. The number of nitrogens with two attached hydrogens (primary N) is 1. The van der Waals surface area contributed by atoms with Crippen LogP contribution in [-0.4, -0.2) is 5.11 Å². The number of aromatic hydroxyl groups is 1. The van der Waals surface area contributed by atoms with Crippen LogP contribution in [0.1, 0.15) is 5.56 Å². The van der Waals surface area contributed by atoms with Gasteiger partial charge in [0, 0.05) is 5.02 Å². The van der Waals surface area contributed by atoms with Crippen molar-refractivity contribution in [3.05, 3.63) is 53.1 Å². The number of hydrogen-bond acceptors (Lipinski definition) is 3. The Labute approximate surface area is 104 Å². The Morgan fingerprint density at radius 3 is 2.71 bits per heavy atom. The number of ether oxygens (including phenoxy) is 1. The summed E-state index contributed by atoms with van der Waals surface area (Å²) < 4.78 is 5.55. The van der Waals surface area contributed by atoms with E-state index in [-0.39, 0.29) is 5.75 Å². The summed E-state index contributed by atoms with van der Waals surface area (Å²) in [5, 5.41) is 9.91. The van der Waals surface area contributed by atoms with E-state index < -0.39 is 0 Å². The summed E-state index contributed by atoms with van der Waals surface area (Å²) in [4.78, 5) is 0. The van der Waals surface area contributed by atoms with Gasteiger partial charge in [-0.25, -0.2) is 0 Å². The van der Waals surface area contributed by atoms with E-state index in [1.807, 2.05) is 12.1 Å². The fourth-order valence-electron chi connectivity index (χ4n) is 1.42. The lowest BCUT2D eigenvalue weighted by atomic mass is 10.2. The Morgan fingerprint density at radius 1 is 1.18 bits per heavy atom. The van der Waals surface area contributed by atoms with Crippen molar-refractivity contribution in [2.45, 2.75) is 6.61 Å². The summed E-state index contributed by atoms with van der Waals surface area (Å²) >= 11 is 5.84. The van der Waals surface area contributed by atoms with Gasteiger partial charge in [0.2, 0.25) is 0 Å². The van der Waals surface area contributed by atoms with Gasteiger partial charge in [-0.05, 0) is 35.9 Å². The van der Waals surface area contributed by atoms with Crippen molar-refractivity contribution >= 4 is 17.3 Å². The molecule has 0 unspecified atom stereocenters. The van der Waals surface area contributed by atoms with E-state index in [9.17, 15) is 5.11 Å². The van der Waals surface area contributed by atoms with Gasteiger partial charge in [0.15, 0.2) is 0 Å². The van der Waals surface area contributed by atoms with Crippen LogP contribution in [0.2, 0.25) is 5.02 Å². The van der Waals surface area contributed by atoms with Crippen LogP contribution in [0.15, 0.2) is 42.5 Å². The zero-order valence-corrected chi connectivity index (χ0v) is 9.82. The van der Waals surface area contributed by atoms with Crippen LogP contribution in [-0.2, 0) is 6.61 Å². The van der Waals surface area contributed by atoms with Gasteiger partial charge >= 0.3 is 0 Å². The summed E-state index contributed by atoms with van der Waals surface area (Å²) in [7, 11) is 0. The Hall–Kier alpha value is -1.87. The van der Waals surface area contributed by atoms with Crippen molar-refractivity contribution in [1.29, 1.82) is 0 Å². The van der Waals surface area contributed by atoms with E-state index in [1.165, 1.54) is 0 Å².